The van der Waals surface area contributed by atoms with Crippen molar-refractivity contribution in [1.29, 1.82) is 0 Å². The van der Waals surface area contributed by atoms with Crippen LogP contribution >= 0.6 is 12.6 Å². The molecule has 1 aliphatic rings. The molecule has 1 aliphatic heterocycles. The fourth-order valence-corrected chi connectivity index (χ4v) is 3.70. The van der Waals surface area contributed by atoms with Crippen molar-refractivity contribution < 1.29 is 9.84 Å². The van der Waals surface area contributed by atoms with Crippen LogP contribution in [-0.2, 0) is 11.2 Å². The van der Waals surface area contributed by atoms with Crippen molar-refractivity contribution in [2.24, 2.45) is 0 Å². The number of aromatic nitrogens is 4. The standard InChI is InChI=1S/C17H27N5O2S/c1-3-5-6-7-8-11-20-15(18)12-16(21-11)22(9-19-12)17-14(25)13(23)10(4-2)24-17/h9-10,13-14,17,23,25H,3-8H2,1-2H3,(H2,18,20,21)/t10-,13-,14-,17-/m1/s1. The number of hydrogen-bond donors (Lipinski definition) is 3. The van der Waals surface area contributed by atoms with Crippen molar-refractivity contribution in [3.63, 3.8) is 0 Å². The molecule has 138 valence electrons. The molecule has 0 aliphatic carbocycles. The van der Waals surface area contributed by atoms with Gasteiger partial charge in [0.05, 0.1) is 23.8 Å². The lowest BCUT2D eigenvalue weighted by Gasteiger charge is -2.17. The molecular weight excluding hydrogens is 338 g/mol. The first-order valence-corrected chi connectivity index (χ1v) is 9.59. The number of nitrogens with two attached hydrogens (primary N) is 1. The van der Waals surface area contributed by atoms with Crippen LogP contribution in [0.2, 0.25) is 0 Å². The zero-order valence-corrected chi connectivity index (χ0v) is 15.7. The Morgan fingerprint density at radius 1 is 1.28 bits per heavy atom. The molecule has 0 bridgehead atoms. The lowest BCUT2D eigenvalue weighted by molar-refractivity contribution is -0.0180. The van der Waals surface area contributed by atoms with E-state index in [1.807, 2.05) is 11.5 Å². The lowest BCUT2D eigenvalue weighted by atomic mass is 10.1. The van der Waals surface area contributed by atoms with Gasteiger partial charge in [-0.25, -0.2) is 15.0 Å². The van der Waals surface area contributed by atoms with Gasteiger partial charge in [-0.05, 0) is 12.8 Å². The third kappa shape index (κ3) is 3.61. The summed E-state index contributed by atoms with van der Waals surface area (Å²) >= 11 is 4.54. The van der Waals surface area contributed by atoms with Gasteiger partial charge in [-0.1, -0.05) is 33.1 Å². The van der Waals surface area contributed by atoms with Crippen molar-refractivity contribution >= 4 is 29.6 Å². The topological polar surface area (TPSA) is 99.1 Å². The summed E-state index contributed by atoms with van der Waals surface area (Å²) < 4.78 is 7.79. The molecule has 8 heteroatoms. The molecule has 25 heavy (non-hydrogen) atoms. The second-order valence-electron chi connectivity index (χ2n) is 6.61. The van der Waals surface area contributed by atoms with E-state index >= 15 is 0 Å². The predicted molar refractivity (Wildman–Crippen MR) is 101 cm³/mol. The number of thiol groups is 1. The third-order valence-corrected chi connectivity index (χ3v) is 5.32. The van der Waals surface area contributed by atoms with E-state index in [1.54, 1.807) is 6.33 Å². The van der Waals surface area contributed by atoms with Gasteiger partial charge in [0.25, 0.3) is 0 Å². The van der Waals surface area contributed by atoms with Crippen LogP contribution in [0.3, 0.4) is 0 Å². The molecule has 1 saturated heterocycles. The highest BCUT2D eigenvalue weighted by molar-refractivity contribution is 7.81. The van der Waals surface area contributed by atoms with Crippen LogP contribution in [0.4, 0.5) is 5.82 Å². The summed E-state index contributed by atoms with van der Waals surface area (Å²) in [6.45, 7) is 4.17. The van der Waals surface area contributed by atoms with Gasteiger partial charge in [0.2, 0.25) is 0 Å². The van der Waals surface area contributed by atoms with Gasteiger partial charge in [0, 0.05) is 6.42 Å². The number of imidazole rings is 1. The van der Waals surface area contributed by atoms with E-state index in [9.17, 15) is 5.11 Å². The summed E-state index contributed by atoms with van der Waals surface area (Å²) in [7, 11) is 0. The molecule has 2 aromatic heterocycles. The highest BCUT2D eigenvalue weighted by Gasteiger charge is 2.42. The molecule has 3 N–H and O–H groups in total. The number of fused-ring (bicyclic) bond motifs is 1. The Morgan fingerprint density at radius 3 is 2.76 bits per heavy atom. The smallest absolute Gasteiger partial charge is 0.167 e. The number of aliphatic hydroxyl groups excluding tert-OH is 1. The normalized spacial score (nSPS) is 26.6. The first-order valence-electron chi connectivity index (χ1n) is 9.07. The number of aliphatic hydroxyl groups is 1. The summed E-state index contributed by atoms with van der Waals surface area (Å²) in [5, 5.41) is 9.94. The highest BCUT2D eigenvalue weighted by atomic mass is 32.1. The largest absolute Gasteiger partial charge is 0.389 e. The minimum absolute atomic E-state index is 0.238. The lowest BCUT2D eigenvalue weighted by Crippen LogP contribution is -2.27. The Bertz CT molecular complexity index is 722. The number of unbranched alkanes of at least 4 members (excludes halogenated alkanes) is 3. The molecule has 2 aromatic rings. The average molecular weight is 366 g/mol. The molecule has 0 saturated carbocycles. The maximum atomic E-state index is 10.3. The predicted octanol–water partition coefficient (Wildman–Crippen LogP) is 2.50. The van der Waals surface area contributed by atoms with Crippen molar-refractivity contribution in [3.8, 4) is 0 Å². The van der Waals surface area contributed by atoms with Gasteiger partial charge >= 0.3 is 0 Å². The fourth-order valence-electron chi connectivity index (χ4n) is 3.29. The van der Waals surface area contributed by atoms with Crippen molar-refractivity contribution in [2.45, 2.75) is 76.1 Å². The molecule has 0 unspecified atom stereocenters. The molecule has 0 aromatic carbocycles. The van der Waals surface area contributed by atoms with Crippen LogP contribution in [0.15, 0.2) is 6.33 Å². The van der Waals surface area contributed by atoms with Crippen LogP contribution in [0.5, 0.6) is 0 Å². The molecule has 0 amide bonds. The number of aryl methyl sites for hydroxylation is 1. The molecule has 7 nitrogen and oxygen atoms in total. The van der Waals surface area contributed by atoms with Crippen LogP contribution in [0, 0.1) is 0 Å². The monoisotopic (exact) mass is 365 g/mol. The zero-order chi connectivity index (χ0) is 18.0. The average Bonchev–Trinajstić information content (AvgIpc) is 3.14. The number of hydrogen-bond acceptors (Lipinski definition) is 7. The van der Waals surface area contributed by atoms with E-state index in [2.05, 4.69) is 34.5 Å². The van der Waals surface area contributed by atoms with E-state index in [1.165, 1.54) is 12.8 Å². The van der Waals surface area contributed by atoms with Crippen molar-refractivity contribution in [1.82, 2.24) is 19.5 Å². The Hall–Kier alpha value is -1.38. The van der Waals surface area contributed by atoms with E-state index in [-0.39, 0.29) is 11.4 Å². The Labute approximate surface area is 153 Å². The van der Waals surface area contributed by atoms with E-state index in [0.717, 1.165) is 31.5 Å². The Balaban J connectivity index is 1.88. The van der Waals surface area contributed by atoms with Gasteiger partial charge in [-0.15, -0.1) is 0 Å². The second-order valence-corrected chi connectivity index (χ2v) is 7.21. The van der Waals surface area contributed by atoms with Gasteiger partial charge in [0.1, 0.15) is 11.3 Å². The third-order valence-electron chi connectivity index (χ3n) is 4.76. The molecule has 3 rings (SSSR count). The summed E-state index contributed by atoms with van der Waals surface area (Å²) in [4.78, 5) is 13.4. The van der Waals surface area contributed by atoms with Crippen molar-refractivity contribution in [3.05, 3.63) is 12.2 Å². The fraction of sp³-hybridized carbons (Fsp3) is 0.706. The molecular formula is C17H27N5O2S. The van der Waals surface area contributed by atoms with E-state index in [0.29, 0.717) is 17.0 Å². The number of nitrogens with zero attached hydrogens (tertiary/aromatic N) is 4. The zero-order valence-electron chi connectivity index (χ0n) is 14.8. The summed E-state index contributed by atoms with van der Waals surface area (Å²) in [6.07, 6.45) is 6.49. The summed E-state index contributed by atoms with van der Waals surface area (Å²) in [5.74, 6) is 1.11. The second kappa shape index (κ2) is 7.88. The van der Waals surface area contributed by atoms with Gasteiger partial charge in [0.15, 0.2) is 17.7 Å². The Morgan fingerprint density at radius 2 is 2.08 bits per heavy atom. The molecule has 0 spiro atoms. The highest BCUT2D eigenvalue weighted by Crippen LogP contribution is 2.36. The molecule has 1 fully saturated rings. The number of anilines is 1. The van der Waals surface area contributed by atoms with Crippen LogP contribution in [-0.4, -0.2) is 42.1 Å². The molecule has 0 radical (unpaired) electrons. The quantitative estimate of drug-likeness (QED) is 0.515. The van der Waals surface area contributed by atoms with Gasteiger partial charge < -0.3 is 15.6 Å². The number of ether oxygens (including phenoxy) is 1. The molecule has 3 heterocycles. The maximum absolute atomic E-state index is 10.3. The Kier molecular flexibility index (Phi) is 5.81. The first-order chi connectivity index (χ1) is 12.1. The number of nitrogen functional groups attached to an aromatic ring is 1. The van der Waals surface area contributed by atoms with Gasteiger partial charge in [-0.2, -0.15) is 12.6 Å². The summed E-state index contributed by atoms with van der Waals surface area (Å²) in [6, 6.07) is 0. The first kappa shape index (κ1) is 18.4. The maximum Gasteiger partial charge on any atom is 0.167 e. The summed E-state index contributed by atoms with van der Waals surface area (Å²) in [5.41, 5.74) is 7.29. The van der Waals surface area contributed by atoms with Crippen LogP contribution in [0.25, 0.3) is 11.2 Å². The van der Waals surface area contributed by atoms with E-state index in [4.69, 9.17) is 10.5 Å². The van der Waals surface area contributed by atoms with Crippen LogP contribution < -0.4 is 5.73 Å². The minimum Gasteiger partial charge on any atom is -0.389 e. The van der Waals surface area contributed by atoms with Crippen molar-refractivity contribution in [2.75, 3.05) is 5.73 Å². The molecule has 4 atom stereocenters. The van der Waals surface area contributed by atoms with Crippen LogP contribution in [0.1, 0.15) is 58.0 Å². The minimum atomic E-state index is -0.622. The van der Waals surface area contributed by atoms with E-state index < -0.39 is 12.3 Å². The number of rotatable bonds is 7. The SMILES string of the molecule is CCCCCCc1nc(N)c2ncn([C@@H]3O[C@H](CC)[C@@H](O)[C@H]3S)c2n1. The van der Waals surface area contributed by atoms with Gasteiger partial charge in [-0.3, -0.25) is 4.57 Å².